The summed E-state index contributed by atoms with van der Waals surface area (Å²) in [5.74, 6) is -1.18. The monoisotopic (exact) mass is 360 g/mol. The molecule has 1 N–H and O–H groups in total. The normalized spacial score (nSPS) is 16.7. The molecule has 2 rings (SSSR count). The number of carbonyl (C=O) groups excluding carboxylic acids is 2. The van der Waals surface area contributed by atoms with Crippen LogP contribution in [0.4, 0.5) is 13.2 Å². The van der Waals surface area contributed by atoms with Crippen molar-refractivity contribution in [1.82, 2.24) is 9.88 Å². The molecule has 8 heteroatoms. The molecule has 1 fully saturated rings. The number of alkyl halides is 3. The van der Waals surface area contributed by atoms with Crippen LogP contribution in [0.25, 0.3) is 0 Å². The van der Waals surface area contributed by atoms with Crippen molar-refractivity contribution in [3.63, 3.8) is 0 Å². The molecule has 0 radical (unpaired) electrons. The number of halogens is 3. The van der Waals surface area contributed by atoms with E-state index in [9.17, 15) is 22.8 Å². The average Bonchev–Trinajstić information content (AvgIpc) is 3.09. The van der Waals surface area contributed by atoms with E-state index in [-0.39, 0.29) is 23.2 Å². The van der Waals surface area contributed by atoms with Gasteiger partial charge >= 0.3 is 12.1 Å². The summed E-state index contributed by atoms with van der Waals surface area (Å²) in [5.41, 5.74) is 0.523. The molecule has 1 aliphatic carbocycles. The van der Waals surface area contributed by atoms with Crippen LogP contribution in [-0.4, -0.2) is 34.8 Å². The van der Waals surface area contributed by atoms with Crippen molar-refractivity contribution in [3.8, 4) is 0 Å². The molecule has 1 aromatic rings. The van der Waals surface area contributed by atoms with Gasteiger partial charge in [-0.25, -0.2) is 4.79 Å². The van der Waals surface area contributed by atoms with Gasteiger partial charge < -0.3 is 14.6 Å². The highest BCUT2D eigenvalue weighted by Crippen LogP contribution is 2.24. The van der Waals surface area contributed by atoms with Crippen LogP contribution in [-0.2, 0) is 16.1 Å². The first kappa shape index (κ1) is 19.3. The highest BCUT2D eigenvalue weighted by atomic mass is 19.4. The van der Waals surface area contributed by atoms with Gasteiger partial charge in [-0.1, -0.05) is 12.8 Å². The second-order valence-corrected chi connectivity index (χ2v) is 6.52. The molecule has 1 unspecified atom stereocenters. The number of hydrogen-bond acceptors (Lipinski definition) is 3. The third kappa shape index (κ3) is 4.99. The summed E-state index contributed by atoms with van der Waals surface area (Å²) in [6.45, 7) is 3.21. The van der Waals surface area contributed by atoms with Crippen molar-refractivity contribution in [3.05, 3.63) is 23.0 Å². The number of hydrogen-bond donors (Lipinski definition) is 1. The zero-order valence-electron chi connectivity index (χ0n) is 14.6. The Morgan fingerprint density at radius 3 is 2.48 bits per heavy atom. The van der Waals surface area contributed by atoms with E-state index >= 15 is 0 Å². The maximum atomic E-state index is 12.6. The number of aryl methyl sites for hydroxylation is 1. The van der Waals surface area contributed by atoms with Crippen molar-refractivity contribution >= 4 is 11.9 Å². The highest BCUT2D eigenvalue weighted by molar-refractivity contribution is 5.93. The van der Waals surface area contributed by atoms with Gasteiger partial charge in [0, 0.05) is 17.4 Å². The molecule has 0 spiro atoms. The van der Waals surface area contributed by atoms with Crippen molar-refractivity contribution in [1.29, 1.82) is 0 Å². The van der Waals surface area contributed by atoms with Crippen molar-refractivity contribution in [2.75, 3.05) is 0 Å². The summed E-state index contributed by atoms with van der Waals surface area (Å²) in [6, 6.07) is 1.45. The fourth-order valence-electron chi connectivity index (χ4n) is 3.10. The van der Waals surface area contributed by atoms with Gasteiger partial charge in [0.05, 0.1) is 5.56 Å². The molecule has 1 heterocycles. The fraction of sp³-hybridized carbons (Fsp3) is 0.647. The number of amides is 1. The standard InChI is InChI=1S/C17H23F3N2O3/c1-10-8-14(11(2)22(10)9-17(18,19)20)16(24)25-12(3)15(23)21-13-6-4-5-7-13/h8,12-13H,4-7,9H2,1-3H3,(H,21,23). The predicted octanol–water partition coefficient (Wildman–Crippen LogP) is 3.27. The summed E-state index contributed by atoms with van der Waals surface area (Å²) in [7, 11) is 0. The minimum atomic E-state index is -4.38. The molecule has 1 aromatic heterocycles. The number of nitrogens with one attached hydrogen (secondary N) is 1. The Balaban J connectivity index is 2.02. The fourth-order valence-corrected chi connectivity index (χ4v) is 3.10. The van der Waals surface area contributed by atoms with Gasteiger partial charge in [-0.2, -0.15) is 13.2 Å². The first-order chi connectivity index (χ1) is 11.6. The second-order valence-electron chi connectivity index (χ2n) is 6.52. The molecule has 1 amide bonds. The van der Waals surface area contributed by atoms with Crippen LogP contribution in [0.3, 0.4) is 0 Å². The lowest BCUT2D eigenvalue weighted by atomic mass is 10.2. The predicted molar refractivity (Wildman–Crippen MR) is 85.2 cm³/mol. The molecule has 25 heavy (non-hydrogen) atoms. The first-order valence-corrected chi connectivity index (χ1v) is 8.33. The summed E-state index contributed by atoms with van der Waals surface area (Å²) in [4.78, 5) is 24.3. The molecule has 0 bridgehead atoms. The smallest absolute Gasteiger partial charge is 0.406 e. The van der Waals surface area contributed by atoms with Gasteiger partial charge in [-0.15, -0.1) is 0 Å². The molecule has 1 saturated carbocycles. The van der Waals surface area contributed by atoms with E-state index < -0.39 is 24.8 Å². The van der Waals surface area contributed by atoms with E-state index in [1.54, 1.807) is 0 Å². The van der Waals surface area contributed by atoms with Gasteiger partial charge in [0.1, 0.15) is 6.54 Å². The zero-order chi connectivity index (χ0) is 18.8. The molecule has 140 valence electrons. The Kier molecular flexibility index (Phi) is 5.80. The third-order valence-electron chi connectivity index (χ3n) is 4.49. The molecular weight excluding hydrogens is 337 g/mol. The van der Waals surface area contributed by atoms with E-state index in [2.05, 4.69) is 5.32 Å². The number of carbonyl (C=O) groups is 2. The Bertz CT molecular complexity index is 646. The van der Waals surface area contributed by atoms with Gasteiger partial charge in [-0.3, -0.25) is 4.79 Å². The van der Waals surface area contributed by atoms with Crippen LogP contribution < -0.4 is 5.32 Å². The molecule has 1 aliphatic rings. The SMILES string of the molecule is Cc1cc(C(=O)OC(C)C(=O)NC2CCCC2)c(C)n1CC(F)(F)F. The Hall–Kier alpha value is -1.99. The van der Waals surface area contributed by atoms with Crippen molar-refractivity contribution < 1.29 is 27.5 Å². The number of aromatic nitrogens is 1. The molecule has 5 nitrogen and oxygen atoms in total. The molecular formula is C17H23F3N2O3. The number of rotatable bonds is 5. The minimum absolute atomic E-state index is 0.0438. The molecule has 0 aromatic carbocycles. The molecule has 0 saturated heterocycles. The topological polar surface area (TPSA) is 60.3 Å². The summed E-state index contributed by atoms with van der Waals surface area (Å²) in [5, 5.41) is 2.83. The summed E-state index contributed by atoms with van der Waals surface area (Å²) < 4.78 is 44.1. The lowest BCUT2D eigenvalue weighted by Crippen LogP contribution is -2.40. The quantitative estimate of drug-likeness (QED) is 0.820. The third-order valence-corrected chi connectivity index (χ3v) is 4.49. The van der Waals surface area contributed by atoms with E-state index in [1.807, 2.05) is 0 Å². The lowest BCUT2D eigenvalue weighted by molar-refractivity contribution is -0.141. The Morgan fingerprint density at radius 1 is 1.32 bits per heavy atom. The minimum Gasteiger partial charge on any atom is -0.449 e. The van der Waals surface area contributed by atoms with Crippen molar-refractivity contribution in [2.24, 2.45) is 0 Å². The zero-order valence-corrected chi connectivity index (χ0v) is 14.6. The number of ether oxygens (including phenoxy) is 1. The first-order valence-electron chi connectivity index (χ1n) is 8.33. The van der Waals surface area contributed by atoms with E-state index in [0.29, 0.717) is 5.69 Å². The summed E-state index contributed by atoms with van der Waals surface area (Å²) in [6.07, 6.45) is -1.45. The largest absolute Gasteiger partial charge is 0.449 e. The number of esters is 1. The van der Waals surface area contributed by atoms with Crippen LogP contribution in [0.1, 0.15) is 54.4 Å². The van der Waals surface area contributed by atoms with Crippen molar-refractivity contribution in [2.45, 2.75) is 71.3 Å². The van der Waals surface area contributed by atoms with Crippen LogP contribution in [0, 0.1) is 13.8 Å². The van der Waals surface area contributed by atoms with E-state index in [4.69, 9.17) is 4.74 Å². The van der Waals surface area contributed by atoms with Gasteiger partial charge in [-0.05, 0) is 39.7 Å². The lowest BCUT2D eigenvalue weighted by Gasteiger charge is -2.17. The van der Waals surface area contributed by atoms with Crippen LogP contribution in [0.15, 0.2) is 6.07 Å². The van der Waals surface area contributed by atoms with E-state index in [0.717, 1.165) is 30.3 Å². The van der Waals surface area contributed by atoms with E-state index in [1.165, 1.54) is 26.8 Å². The van der Waals surface area contributed by atoms with Gasteiger partial charge in [0.25, 0.3) is 5.91 Å². The highest BCUT2D eigenvalue weighted by Gasteiger charge is 2.31. The summed E-state index contributed by atoms with van der Waals surface area (Å²) >= 11 is 0. The van der Waals surface area contributed by atoms with Crippen LogP contribution in [0.2, 0.25) is 0 Å². The Labute approximate surface area is 144 Å². The number of nitrogens with zero attached hydrogens (tertiary/aromatic N) is 1. The maximum absolute atomic E-state index is 12.6. The maximum Gasteiger partial charge on any atom is 0.406 e. The molecule has 0 aliphatic heterocycles. The van der Waals surface area contributed by atoms with Gasteiger partial charge in [0.15, 0.2) is 6.10 Å². The van der Waals surface area contributed by atoms with Crippen LogP contribution in [0.5, 0.6) is 0 Å². The Morgan fingerprint density at radius 2 is 1.92 bits per heavy atom. The molecule has 1 atom stereocenters. The van der Waals surface area contributed by atoms with Gasteiger partial charge in [0.2, 0.25) is 0 Å². The second kappa shape index (κ2) is 7.49. The van der Waals surface area contributed by atoms with Crippen LogP contribution >= 0.6 is 0 Å². The average molecular weight is 360 g/mol.